The van der Waals surface area contributed by atoms with Crippen LogP contribution in [0, 0.1) is 0 Å². The molecule has 2 unspecified atom stereocenters. The van der Waals surface area contributed by atoms with E-state index in [2.05, 4.69) is 18.7 Å². The van der Waals surface area contributed by atoms with Crippen LogP contribution in [0.25, 0.3) is 0 Å². The highest BCUT2D eigenvalue weighted by Crippen LogP contribution is 2.05. The molecule has 1 N–H and O–H groups in total. The molecule has 90 valence electrons. The maximum atomic E-state index is 10.8. The van der Waals surface area contributed by atoms with Gasteiger partial charge in [0, 0.05) is 19.2 Å². The third kappa shape index (κ3) is 5.74. The Hall–Kier alpha value is -0.610. The van der Waals surface area contributed by atoms with Crippen LogP contribution < -0.4 is 0 Å². The Morgan fingerprint density at radius 2 is 2.07 bits per heavy atom. The standard InChI is InChI=1S/C11H23NO3/c1-5-9(3)12(4)8-7-10(11(13)14)15-6-2/h9-10H,5-8H2,1-4H3,(H,13,14). The monoisotopic (exact) mass is 217 g/mol. The molecule has 0 rings (SSSR count). The first-order valence-electron chi connectivity index (χ1n) is 5.57. The molecule has 0 aromatic heterocycles. The van der Waals surface area contributed by atoms with Crippen molar-refractivity contribution in [2.75, 3.05) is 20.2 Å². The van der Waals surface area contributed by atoms with Gasteiger partial charge in [-0.15, -0.1) is 0 Å². The van der Waals surface area contributed by atoms with Crippen molar-refractivity contribution < 1.29 is 14.6 Å². The van der Waals surface area contributed by atoms with Gasteiger partial charge in [-0.25, -0.2) is 4.79 Å². The van der Waals surface area contributed by atoms with Gasteiger partial charge in [-0.05, 0) is 33.7 Å². The summed E-state index contributed by atoms with van der Waals surface area (Å²) in [7, 11) is 2.01. The minimum absolute atomic E-state index is 0.448. The molecular formula is C11H23NO3. The van der Waals surface area contributed by atoms with E-state index in [0.717, 1.165) is 13.0 Å². The van der Waals surface area contributed by atoms with Gasteiger partial charge in [-0.3, -0.25) is 0 Å². The molecule has 0 heterocycles. The van der Waals surface area contributed by atoms with Crippen molar-refractivity contribution in [3.63, 3.8) is 0 Å². The summed E-state index contributed by atoms with van der Waals surface area (Å²) in [6, 6.07) is 0.487. The lowest BCUT2D eigenvalue weighted by atomic mass is 10.2. The Bertz CT molecular complexity index is 185. The van der Waals surface area contributed by atoms with E-state index in [4.69, 9.17) is 9.84 Å². The van der Waals surface area contributed by atoms with E-state index < -0.39 is 12.1 Å². The maximum absolute atomic E-state index is 10.8. The zero-order chi connectivity index (χ0) is 11.8. The average Bonchev–Trinajstić information content (AvgIpc) is 2.21. The summed E-state index contributed by atoms with van der Waals surface area (Å²) in [5, 5.41) is 8.87. The molecule has 4 heteroatoms. The lowest BCUT2D eigenvalue weighted by molar-refractivity contribution is -0.150. The van der Waals surface area contributed by atoms with Gasteiger partial charge in [0.05, 0.1) is 0 Å². The minimum Gasteiger partial charge on any atom is -0.479 e. The molecule has 4 nitrogen and oxygen atoms in total. The van der Waals surface area contributed by atoms with Gasteiger partial charge >= 0.3 is 5.97 Å². The van der Waals surface area contributed by atoms with Crippen molar-refractivity contribution in [3.05, 3.63) is 0 Å². The fraction of sp³-hybridized carbons (Fsp3) is 0.909. The van der Waals surface area contributed by atoms with E-state index in [0.29, 0.717) is 19.1 Å². The van der Waals surface area contributed by atoms with Crippen LogP contribution in [0.15, 0.2) is 0 Å². The highest BCUT2D eigenvalue weighted by molar-refractivity contribution is 5.72. The summed E-state index contributed by atoms with van der Waals surface area (Å²) in [6.07, 6.45) is 0.953. The van der Waals surface area contributed by atoms with E-state index in [9.17, 15) is 4.79 Å². The van der Waals surface area contributed by atoms with Gasteiger partial charge in [0.25, 0.3) is 0 Å². The van der Waals surface area contributed by atoms with Crippen molar-refractivity contribution in [2.24, 2.45) is 0 Å². The Morgan fingerprint density at radius 3 is 2.47 bits per heavy atom. The van der Waals surface area contributed by atoms with Gasteiger partial charge in [0.1, 0.15) is 0 Å². The van der Waals surface area contributed by atoms with E-state index >= 15 is 0 Å². The third-order valence-corrected chi connectivity index (χ3v) is 2.73. The average molecular weight is 217 g/mol. The Labute approximate surface area is 92.2 Å². The van der Waals surface area contributed by atoms with Crippen LogP contribution in [-0.4, -0.2) is 48.3 Å². The summed E-state index contributed by atoms with van der Waals surface area (Å²) in [4.78, 5) is 13.0. The second-order valence-corrected chi connectivity index (χ2v) is 3.81. The Morgan fingerprint density at radius 1 is 1.47 bits per heavy atom. The van der Waals surface area contributed by atoms with Crippen LogP contribution in [0.2, 0.25) is 0 Å². The zero-order valence-corrected chi connectivity index (χ0v) is 10.2. The molecule has 0 aliphatic carbocycles. The molecule has 0 fully saturated rings. The molecule has 2 atom stereocenters. The third-order valence-electron chi connectivity index (χ3n) is 2.73. The van der Waals surface area contributed by atoms with E-state index in [1.54, 1.807) is 0 Å². The maximum Gasteiger partial charge on any atom is 0.332 e. The second kappa shape index (κ2) is 7.65. The lowest BCUT2D eigenvalue weighted by Gasteiger charge is -2.24. The fourth-order valence-corrected chi connectivity index (χ4v) is 1.33. The van der Waals surface area contributed by atoms with Crippen LogP contribution in [0.5, 0.6) is 0 Å². The molecule has 0 saturated heterocycles. The van der Waals surface area contributed by atoms with Gasteiger partial charge in [0.15, 0.2) is 6.10 Å². The Balaban J connectivity index is 3.93. The SMILES string of the molecule is CCOC(CCN(C)C(C)CC)C(=O)O. The Kier molecular flexibility index (Phi) is 7.34. The normalized spacial score (nSPS) is 15.3. The van der Waals surface area contributed by atoms with Crippen molar-refractivity contribution >= 4 is 5.97 Å². The number of rotatable bonds is 8. The number of carboxylic acid groups (broad SMARTS) is 1. The summed E-state index contributed by atoms with van der Waals surface area (Å²) in [5.74, 6) is -0.866. The number of aliphatic carboxylic acids is 1. The van der Waals surface area contributed by atoms with Crippen molar-refractivity contribution in [1.82, 2.24) is 4.90 Å². The first-order chi connectivity index (χ1) is 7.02. The molecule has 0 radical (unpaired) electrons. The summed E-state index contributed by atoms with van der Waals surface area (Å²) in [5.41, 5.74) is 0. The number of carboxylic acids is 1. The summed E-state index contributed by atoms with van der Waals surface area (Å²) < 4.78 is 5.14. The topological polar surface area (TPSA) is 49.8 Å². The summed E-state index contributed by atoms with van der Waals surface area (Å²) in [6.45, 7) is 7.28. The van der Waals surface area contributed by atoms with E-state index in [1.165, 1.54) is 0 Å². The van der Waals surface area contributed by atoms with Crippen molar-refractivity contribution in [1.29, 1.82) is 0 Å². The quantitative estimate of drug-likeness (QED) is 0.671. The molecule has 0 bridgehead atoms. The van der Waals surface area contributed by atoms with Gasteiger partial charge in [-0.2, -0.15) is 0 Å². The van der Waals surface area contributed by atoms with Gasteiger partial charge in [0.2, 0.25) is 0 Å². The van der Waals surface area contributed by atoms with E-state index in [-0.39, 0.29) is 0 Å². The molecule has 0 aliphatic heterocycles. The number of hydrogen-bond acceptors (Lipinski definition) is 3. The molecule has 0 spiro atoms. The minimum atomic E-state index is -0.866. The number of ether oxygens (including phenoxy) is 1. The highest BCUT2D eigenvalue weighted by atomic mass is 16.5. The number of carbonyl (C=O) groups is 1. The molecule has 0 saturated carbocycles. The first-order valence-corrected chi connectivity index (χ1v) is 5.57. The smallest absolute Gasteiger partial charge is 0.332 e. The molecule has 0 amide bonds. The molecule has 0 aromatic carbocycles. The predicted molar refractivity (Wildman–Crippen MR) is 60.0 cm³/mol. The largest absolute Gasteiger partial charge is 0.479 e. The van der Waals surface area contributed by atoms with E-state index in [1.807, 2.05) is 14.0 Å². The van der Waals surface area contributed by atoms with Crippen LogP contribution >= 0.6 is 0 Å². The van der Waals surface area contributed by atoms with Gasteiger partial charge < -0.3 is 14.7 Å². The second-order valence-electron chi connectivity index (χ2n) is 3.81. The van der Waals surface area contributed by atoms with Crippen LogP contribution in [0.4, 0.5) is 0 Å². The number of nitrogens with zero attached hydrogens (tertiary/aromatic N) is 1. The first kappa shape index (κ1) is 14.4. The molecule has 0 aliphatic rings. The van der Waals surface area contributed by atoms with Crippen molar-refractivity contribution in [2.45, 2.75) is 45.8 Å². The van der Waals surface area contributed by atoms with Crippen LogP contribution in [-0.2, 0) is 9.53 Å². The van der Waals surface area contributed by atoms with Gasteiger partial charge in [-0.1, -0.05) is 6.92 Å². The highest BCUT2D eigenvalue weighted by Gasteiger charge is 2.18. The molecular weight excluding hydrogens is 194 g/mol. The zero-order valence-electron chi connectivity index (χ0n) is 10.2. The van der Waals surface area contributed by atoms with Crippen LogP contribution in [0.1, 0.15) is 33.6 Å². The summed E-state index contributed by atoms with van der Waals surface area (Å²) >= 11 is 0. The van der Waals surface area contributed by atoms with Crippen LogP contribution in [0.3, 0.4) is 0 Å². The predicted octanol–water partition coefficient (Wildman–Crippen LogP) is 1.60. The molecule has 0 aromatic rings. The lowest BCUT2D eigenvalue weighted by Crippen LogP contribution is -2.34. The van der Waals surface area contributed by atoms with Crippen molar-refractivity contribution in [3.8, 4) is 0 Å². The molecule has 15 heavy (non-hydrogen) atoms. The fourth-order valence-electron chi connectivity index (χ4n) is 1.33. The number of hydrogen-bond donors (Lipinski definition) is 1.